The molecule has 0 saturated carbocycles. The van der Waals surface area contributed by atoms with E-state index in [1.54, 1.807) is 0 Å². The maximum absolute atomic E-state index is 10.8. The Morgan fingerprint density at radius 2 is 2.00 bits per heavy atom. The molecule has 0 spiro atoms. The van der Waals surface area contributed by atoms with Crippen LogP contribution in [0.1, 0.15) is 6.42 Å². The van der Waals surface area contributed by atoms with Gasteiger partial charge in [0.2, 0.25) is 0 Å². The Morgan fingerprint density at radius 1 is 1.35 bits per heavy atom. The van der Waals surface area contributed by atoms with Crippen LogP contribution in [0.25, 0.3) is 10.4 Å². The van der Waals surface area contributed by atoms with Crippen molar-refractivity contribution in [1.82, 2.24) is 0 Å². The molecule has 0 aliphatic carbocycles. The van der Waals surface area contributed by atoms with Crippen LogP contribution >= 0.6 is 0 Å². The molecule has 17 heavy (non-hydrogen) atoms. The maximum atomic E-state index is 10.8. The van der Waals surface area contributed by atoms with Gasteiger partial charge < -0.3 is 9.47 Å². The average molecular weight is 236 g/mol. The summed E-state index contributed by atoms with van der Waals surface area (Å²) >= 11 is 0. The molecular formula is C9H8N4O4. The molecular weight excluding hydrogens is 228 g/mol. The van der Waals surface area contributed by atoms with E-state index >= 15 is 0 Å². The molecule has 0 amide bonds. The van der Waals surface area contributed by atoms with Crippen LogP contribution in [0.5, 0.6) is 11.5 Å². The van der Waals surface area contributed by atoms with Crippen molar-refractivity contribution in [2.45, 2.75) is 6.42 Å². The van der Waals surface area contributed by atoms with E-state index in [4.69, 9.17) is 15.0 Å². The second-order valence-corrected chi connectivity index (χ2v) is 3.28. The zero-order valence-electron chi connectivity index (χ0n) is 8.70. The molecule has 0 saturated heterocycles. The van der Waals surface area contributed by atoms with E-state index in [2.05, 4.69) is 10.0 Å². The van der Waals surface area contributed by atoms with E-state index < -0.39 is 4.92 Å². The third-order valence-corrected chi connectivity index (χ3v) is 2.19. The third kappa shape index (κ3) is 2.21. The highest BCUT2D eigenvalue weighted by Gasteiger charge is 2.20. The average Bonchev–Trinajstić information content (AvgIpc) is 2.52. The summed E-state index contributed by atoms with van der Waals surface area (Å²) in [4.78, 5) is 12.7. The summed E-state index contributed by atoms with van der Waals surface area (Å²) in [5, 5.41) is 14.1. The fourth-order valence-corrected chi connectivity index (χ4v) is 1.46. The quantitative estimate of drug-likeness (QED) is 0.258. The molecule has 0 radical (unpaired) electrons. The maximum Gasteiger partial charge on any atom is 0.282 e. The van der Waals surface area contributed by atoms with Crippen LogP contribution in [0.4, 0.5) is 11.4 Å². The van der Waals surface area contributed by atoms with Crippen LogP contribution in [-0.4, -0.2) is 18.1 Å². The van der Waals surface area contributed by atoms with Crippen molar-refractivity contribution in [3.05, 3.63) is 32.7 Å². The number of ether oxygens (including phenoxy) is 2. The molecule has 0 fully saturated rings. The predicted octanol–water partition coefficient (Wildman–Crippen LogP) is 2.70. The molecule has 1 aliphatic rings. The molecule has 0 N–H and O–H groups in total. The largest absolute Gasteiger partial charge is 0.490 e. The minimum Gasteiger partial charge on any atom is -0.490 e. The lowest BCUT2D eigenvalue weighted by atomic mass is 10.2. The fraction of sp³-hybridized carbons (Fsp3) is 0.333. The number of nitrogens with zero attached hydrogens (tertiary/aromatic N) is 4. The van der Waals surface area contributed by atoms with Gasteiger partial charge in [-0.2, -0.15) is 0 Å². The molecule has 8 nitrogen and oxygen atoms in total. The van der Waals surface area contributed by atoms with Crippen molar-refractivity contribution in [2.75, 3.05) is 13.2 Å². The second-order valence-electron chi connectivity index (χ2n) is 3.28. The first-order chi connectivity index (χ1) is 8.22. The molecule has 2 rings (SSSR count). The number of nitro benzene ring substituents is 1. The van der Waals surface area contributed by atoms with Gasteiger partial charge in [0.05, 0.1) is 24.2 Å². The minimum atomic E-state index is -0.626. The number of azide groups is 1. The molecule has 1 aromatic carbocycles. The Balaban J connectivity index is 2.56. The topological polar surface area (TPSA) is 110 Å². The predicted molar refractivity (Wildman–Crippen MR) is 57.5 cm³/mol. The van der Waals surface area contributed by atoms with Crippen LogP contribution < -0.4 is 9.47 Å². The van der Waals surface area contributed by atoms with E-state index in [1.807, 2.05) is 0 Å². The molecule has 1 heterocycles. The Morgan fingerprint density at radius 3 is 2.59 bits per heavy atom. The summed E-state index contributed by atoms with van der Waals surface area (Å²) in [5.74, 6) is 0.654. The van der Waals surface area contributed by atoms with Gasteiger partial charge in [0.25, 0.3) is 5.69 Å². The van der Waals surface area contributed by atoms with E-state index in [1.165, 1.54) is 12.1 Å². The summed E-state index contributed by atoms with van der Waals surface area (Å²) in [6.07, 6.45) is 0.694. The summed E-state index contributed by atoms with van der Waals surface area (Å²) in [6.45, 7) is 0.894. The second kappa shape index (κ2) is 4.58. The lowest BCUT2D eigenvalue weighted by Crippen LogP contribution is -1.97. The van der Waals surface area contributed by atoms with E-state index in [-0.39, 0.29) is 11.4 Å². The normalized spacial score (nSPS) is 13.4. The highest BCUT2D eigenvalue weighted by molar-refractivity contribution is 5.65. The van der Waals surface area contributed by atoms with Crippen LogP contribution in [0.3, 0.4) is 0 Å². The van der Waals surface area contributed by atoms with Gasteiger partial charge in [-0.3, -0.25) is 10.1 Å². The van der Waals surface area contributed by atoms with Crippen molar-refractivity contribution in [3.63, 3.8) is 0 Å². The Kier molecular flexibility index (Phi) is 2.97. The highest BCUT2D eigenvalue weighted by Crippen LogP contribution is 2.40. The molecule has 0 bridgehead atoms. The first-order valence-corrected chi connectivity index (χ1v) is 4.85. The van der Waals surface area contributed by atoms with Crippen molar-refractivity contribution in [2.24, 2.45) is 5.11 Å². The van der Waals surface area contributed by atoms with Gasteiger partial charge in [0, 0.05) is 17.4 Å². The van der Waals surface area contributed by atoms with E-state index in [9.17, 15) is 10.1 Å². The zero-order chi connectivity index (χ0) is 12.3. The van der Waals surface area contributed by atoms with E-state index in [0.717, 1.165) is 0 Å². The molecule has 0 aromatic heterocycles. The van der Waals surface area contributed by atoms with Gasteiger partial charge in [-0.05, 0) is 5.53 Å². The Hall–Kier alpha value is -2.47. The summed E-state index contributed by atoms with van der Waals surface area (Å²) in [5.41, 5.74) is 7.97. The number of nitro groups is 1. The van der Waals surface area contributed by atoms with Gasteiger partial charge in [-0.1, -0.05) is 5.11 Å². The first kappa shape index (κ1) is 11.0. The van der Waals surface area contributed by atoms with Crippen LogP contribution in [-0.2, 0) is 0 Å². The zero-order valence-corrected chi connectivity index (χ0v) is 8.70. The van der Waals surface area contributed by atoms with Gasteiger partial charge in [0.15, 0.2) is 11.5 Å². The highest BCUT2D eigenvalue weighted by atomic mass is 16.6. The third-order valence-electron chi connectivity index (χ3n) is 2.19. The van der Waals surface area contributed by atoms with Gasteiger partial charge >= 0.3 is 0 Å². The smallest absolute Gasteiger partial charge is 0.282 e. The Bertz CT molecular complexity index is 479. The number of rotatable bonds is 2. The molecule has 1 aliphatic heterocycles. The van der Waals surface area contributed by atoms with E-state index in [0.29, 0.717) is 31.1 Å². The van der Waals surface area contributed by atoms with Gasteiger partial charge in [0.1, 0.15) is 5.69 Å². The fourth-order valence-electron chi connectivity index (χ4n) is 1.46. The summed E-state index contributed by atoms with van der Waals surface area (Å²) in [7, 11) is 0. The SMILES string of the molecule is [N-]=[N+]=Nc1cc2c(cc1[N+](=O)[O-])OCCCO2. The summed E-state index contributed by atoms with van der Waals surface area (Å²) in [6, 6.07) is 2.53. The van der Waals surface area contributed by atoms with Crippen molar-refractivity contribution >= 4 is 11.4 Å². The monoisotopic (exact) mass is 236 g/mol. The van der Waals surface area contributed by atoms with Crippen LogP contribution in [0.2, 0.25) is 0 Å². The number of benzene rings is 1. The molecule has 88 valence electrons. The van der Waals surface area contributed by atoms with Crippen molar-refractivity contribution in [1.29, 1.82) is 0 Å². The molecule has 8 heteroatoms. The minimum absolute atomic E-state index is 0.0817. The van der Waals surface area contributed by atoms with Gasteiger partial charge in [-0.15, -0.1) is 0 Å². The number of hydrogen-bond acceptors (Lipinski definition) is 5. The Labute approximate surface area is 95.5 Å². The van der Waals surface area contributed by atoms with Crippen LogP contribution in [0, 0.1) is 10.1 Å². The lowest BCUT2D eigenvalue weighted by molar-refractivity contribution is -0.384. The molecule has 1 aromatic rings. The molecule has 0 unspecified atom stereocenters. The van der Waals surface area contributed by atoms with Crippen molar-refractivity contribution in [3.8, 4) is 11.5 Å². The van der Waals surface area contributed by atoms with Gasteiger partial charge in [-0.25, -0.2) is 0 Å². The standard InChI is InChI=1S/C9H8N4O4/c10-12-11-6-4-8-9(5-7(6)13(14)15)17-3-1-2-16-8/h4-5H,1-3H2. The summed E-state index contributed by atoms with van der Waals surface area (Å²) < 4.78 is 10.6. The number of fused-ring (bicyclic) bond motifs is 1. The van der Waals surface area contributed by atoms with Crippen LogP contribution in [0.15, 0.2) is 17.2 Å². The molecule has 0 atom stereocenters. The first-order valence-electron chi connectivity index (χ1n) is 4.85. The lowest BCUT2D eigenvalue weighted by Gasteiger charge is -2.07. The van der Waals surface area contributed by atoms with Crippen molar-refractivity contribution < 1.29 is 14.4 Å². The number of hydrogen-bond donors (Lipinski definition) is 0.